The highest BCUT2D eigenvalue weighted by Crippen LogP contribution is 2.42. The van der Waals surface area contributed by atoms with Gasteiger partial charge in [-0.25, -0.2) is 0 Å². The molecule has 25 heavy (non-hydrogen) atoms. The fourth-order valence-corrected chi connectivity index (χ4v) is 4.49. The van der Waals surface area contributed by atoms with E-state index in [1.54, 1.807) is 6.20 Å². The third-order valence-electron chi connectivity index (χ3n) is 5.73. The molecule has 2 aromatic rings. The third-order valence-corrected chi connectivity index (χ3v) is 5.73. The zero-order valence-electron chi connectivity index (χ0n) is 14.7. The van der Waals surface area contributed by atoms with Gasteiger partial charge in [0, 0.05) is 18.3 Å². The summed E-state index contributed by atoms with van der Waals surface area (Å²) in [5, 5.41) is 0. The number of hydrogen-bond acceptors (Lipinski definition) is 3. The molecular formula is C21H25N3O. The molecule has 2 aliphatic rings. The van der Waals surface area contributed by atoms with Crippen molar-refractivity contribution in [2.45, 2.75) is 43.8 Å². The van der Waals surface area contributed by atoms with Crippen molar-refractivity contribution in [1.82, 2.24) is 14.8 Å². The van der Waals surface area contributed by atoms with Crippen LogP contribution in [-0.4, -0.2) is 46.4 Å². The third kappa shape index (κ3) is 3.07. The second-order valence-corrected chi connectivity index (χ2v) is 7.20. The van der Waals surface area contributed by atoms with Crippen LogP contribution in [0.3, 0.4) is 0 Å². The van der Waals surface area contributed by atoms with Crippen molar-refractivity contribution in [2.75, 3.05) is 13.6 Å². The number of aromatic nitrogens is 1. The van der Waals surface area contributed by atoms with Crippen LogP contribution in [-0.2, 0) is 0 Å². The molecule has 0 radical (unpaired) electrons. The molecule has 0 N–H and O–H groups in total. The van der Waals surface area contributed by atoms with E-state index in [0.29, 0.717) is 11.7 Å². The highest BCUT2D eigenvalue weighted by Gasteiger charge is 2.46. The molecule has 0 unspecified atom stereocenters. The molecule has 4 rings (SSSR count). The Balaban J connectivity index is 1.73. The van der Waals surface area contributed by atoms with Crippen LogP contribution in [0, 0.1) is 0 Å². The summed E-state index contributed by atoms with van der Waals surface area (Å²) in [5.74, 6) is 0.0669. The number of rotatable bonds is 2. The first kappa shape index (κ1) is 16.3. The van der Waals surface area contributed by atoms with E-state index in [4.69, 9.17) is 0 Å². The monoisotopic (exact) mass is 335 g/mol. The van der Waals surface area contributed by atoms with E-state index in [2.05, 4.69) is 46.1 Å². The highest BCUT2D eigenvalue weighted by atomic mass is 16.2. The maximum atomic E-state index is 13.3. The van der Waals surface area contributed by atoms with E-state index in [0.717, 1.165) is 19.4 Å². The highest BCUT2D eigenvalue weighted by molar-refractivity contribution is 5.93. The van der Waals surface area contributed by atoms with E-state index in [1.807, 2.05) is 24.3 Å². The van der Waals surface area contributed by atoms with Crippen LogP contribution < -0.4 is 0 Å². The van der Waals surface area contributed by atoms with Crippen molar-refractivity contribution in [3.63, 3.8) is 0 Å². The number of likely N-dealkylation sites (tertiary alicyclic amines) is 2. The van der Waals surface area contributed by atoms with Crippen molar-refractivity contribution in [3.8, 4) is 0 Å². The summed E-state index contributed by atoms with van der Waals surface area (Å²) in [6, 6.07) is 16.9. The summed E-state index contributed by atoms with van der Waals surface area (Å²) in [4.78, 5) is 22.3. The van der Waals surface area contributed by atoms with E-state index < -0.39 is 0 Å². The Hall–Kier alpha value is -2.20. The van der Waals surface area contributed by atoms with E-state index >= 15 is 0 Å². The first-order valence-electron chi connectivity index (χ1n) is 9.24. The molecule has 2 aliphatic heterocycles. The Morgan fingerprint density at radius 3 is 2.60 bits per heavy atom. The van der Waals surface area contributed by atoms with Crippen LogP contribution in [0.2, 0.25) is 0 Å². The van der Waals surface area contributed by atoms with Gasteiger partial charge in [0.1, 0.15) is 5.69 Å². The molecule has 4 nitrogen and oxygen atoms in total. The predicted molar refractivity (Wildman–Crippen MR) is 98.3 cm³/mol. The van der Waals surface area contributed by atoms with Gasteiger partial charge in [0.2, 0.25) is 0 Å². The number of carbonyl (C=O) groups is 1. The lowest BCUT2D eigenvalue weighted by atomic mass is 10.0. The molecule has 1 aromatic heterocycles. The zero-order chi connectivity index (χ0) is 17.2. The number of likely N-dealkylation sites (N-methyl/N-ethyl adjacent to an activating group) is 1. The van der Waals surface area contributed by atoms with Crippen LogP contribution >= 0.6 is 0 Å². The molecule has 1 amide bonds. The normalized spacial score (nSPS) is 26.9. The fraction of sp³-hybridized carbons (Fsp3) is 0.429. The lowest BCUT2D eigenvalue weighted by Gasteiger charge is -2.32. The summed E-state index contributed by atoms with van der Waals surface area (Å²) < 4.78 is 0. The molecule has 0 saturated carbocycles. The van der Waals surface area contributed by atoms with Gasteiger partial charge in [-0.15, -0.1) is 0 Å². The van der Waals surface area contributed by atoms with Gasteiger partial charge in [-0.2, -0.15) is 0 Å². The van der Waals surface area contributed by atoms with Gasteiger partial charge in [0.25, 0.3) is 5.91 Å². The van der Waals surface area contributed by atoms with Crippen LogP contribution in [0.1, 0.15) is 47.8 Å². The van der Waals surface area contributed by atoms with E-state index in [-0.39, 0.29) is 18.0 Å². The summed E-state index contributed by atoms with van der Waals surface area (Å²) in [5.41, 5.74) is 1.78. The molecule has 130 valence electrons. The summed E-state index contributed by atoms with van der Waals surface area (Å²) in [6.45, 7) is 1.12. The lowest BCUT2D eigenvalue weighted by Crippen LogP contribution is -2.44. The first-order chi connectivity index (χ1) is 12.3. The minimum absolute atomic E-state index is 0.0669. The molecule has 4 heteroatoms. The largest absolute Gasteiger partial charge is 0.326 e. The van der Waals surface area contributed by atoms with Gasteiger partial charge in [-0.3, -0.25) is 9.78 Å². The number of benzene rings is 1. The molecule has 0 spiro atoms. The smallest absolute Gasteiger partial charge is 0.273 e. The zero-order valence-corrected chi connectivity index (χ0v) is 14.7. The molecule has 1 aromatic carbocycles. The van der Waals surface area contributed by atoms with Crippen molar-refractivity contribution in [2.24, 2.45) is 0 Å². The van der Waals surface area contributed by atoms with Gasteiger partial charge < -0.3 is 9.80 Å². The van der Waals surface area contributed by atoms with Crippen LogP contribution in [0.25, 0.3) is 0 Å². The SMILES string of the molecule is CN1CCCC[C@H]2[C@H]1C[C@@H](c1ccccc1)N2C(=O)c1ccccn1. The second kappa shape index (κ2) is 6.96. The van der Waals surface area contributed by atoms with Gasteiger partial charge in [-0.05, 0) is 50.6 Å². The summed E-state index contributed by atoms with van der Waals surface area (Å²) in [7, 11) is 2.21. The maximum absolute atomic E-state index is 13.3. The summed E-state index contributed by atoms with van der Waals surface area (Å²) >= 11 is 0. The first-order valence-corrected chi connectivity index (χ1v) is 9.24. The minimum Gasteiger partial charge on any atom is -0.326 e. The quantitative estimate of drug-likeness (QED) is 0.842. The van der Waals surface area contributed by atoms with Crippen molar-refractivity contribution < 1.29 is 4.79 Å². The topological polar surface area (TPSA) is 36.4 Å². The molecule has 0 bridgehead atoms. The fourth-order valence-electron chi connectivity index (χ4n) is 4.49. The van der Waals surface area contributed by atoms with Crippen LogP contribution in [0.4, 0.5) is 0 Å². The molecule has 2 fully saturated rings. The Morgan fingerprint density at radius 2 is 1.84 bits per heavy atom. The lowest BCUT2D eigenvalue weighted by molar-refractivity contribution is 0.0626. The number of pyridine rings is 1. The number of fused-ring (bicyclic) bond motifs is 1. The van der Waals surface area contributed by atoms with E-state index in [9.17, 15) is 4.79 Å². The number of carbonyl (C=O) groups excluding carboxylic acids is 1. The predicted octanol–water partition coefficient (Wildman–Crippen LogP) is 3.52. The van der Waals surface area contributed by atoms with Gasteiger partial charge in [0.05, 0.1) is 6.04 Å². The van der Waals surface area contributed by atoms with Gasteiger partial charge >= 0.3 is 0 Å². The second-order valence-electron chi connectivity index (χ2n) is 7.20. The summed E-state index contributed by atoms with van der Waals surface area (Å²) in [6.07, 6.45) is 6.18. The Bertz CT molecular complexity index is 718. The average Bonchev–Trinajstić information content (AvgIpc) is 2.96. The van der Waals surface area contributed by atoms with Crippen LogP contribution in [0.15, 0.2) is 54.7 Å². The molecular weight excluding hydrogens is 310 g/mol. The Morgan fingerprint density at radius 1 is 1.04 bits per heavy atom. The standard InChI is InChI=1S/C21H25N3O/c1-23-14-8-6-12-18-20(23)15-19(16-9-3-2-4-10-16)24(18)21(25)17-11-5-7-13-22-17/h2-5,7,9-11,13,18-20H,6,8,12,14-15H2,1H3/t18-,19-,20+/m0/s1. The van der Waals surface area contributed by atoms with Gasteiger partial charge in [-0.1, -0.05) is 42.8 Å². The van der Waals surface area contributed by atoms with Gasteiger partial charge in [0.15, 0.2) is 0 Å². The number of hydrogen-bond donors (Lipinski definition) is 0. The maximum Gasteiger partial charge on any atom is 0.273 e. The Labute approximate surface area is 149 Å². The van der Waals surface area contributed by atoms with Crippen molar-refractivity contribution >= 4 is 5.91 Å². The van der Waals surface area contributed by atoms with Crippen LogP contribution in [0.5, 0.6) is 0 Å². The number of nitrogens with zero attached hydrogens (tertiary/aromatic N) is 3. The van der Waals surface area contributed by atoms with Crippen molar-refractivity contribution in [3.05, 3.63) is 66.0 Å². The number of amides is 1. The molecule has 2 saturated heterocycles. The molecule has 3 heterocycles. The van der Waals surface area contributed by atoms with E-state index in [1.165, 1.54) is 18.4 Å². The molecule has 3 atom stereocenters. The average molecular weight is 335 g/mol. The Kier molecular flexibility index (Phi) is 4.53. The molecule has 0 aliphatic carbocycles. The minimum atomic E-state index is 0.0669. The van der Waals surface area contributed by atoms with Crippen molar-refractivity contribution in [1.29, 1.82) is 0 Å².